The van der Waals surface area contributed by atoms with Crippen LogP contribution in [0.3, 0.4) is 0 Å². The average Bonchev–Trinajstić information content (AvgIpc) is 2.02. The summed E-state index contributed by atoms with van der Waals surface area (Å²) in [6.45, 7) is 6.45. The zero-order valence-corrected chi connectivity index (χ0v) is 8.31. The highest BCUT2D eigenvalue weighted by atomic mass is 16.1. The molecule has 0 radical (unpaired) electrons. The first-order valence-electron chi connectivity index (χ1n) is 4.82. The molecule has 0 saturated carbocycles. The van der Waals surface area contributed by atoms with Gasteiger partial charge in [0.25, 0.3) is 0 Å². The minimum atomic E-state index is 0.288. The summed E-state index contributed by atoms with van der Waals surface area (Å²) < 4.78 is 0. The molecule has 0 N–H and O–H groups in total. The van der Waals surface area contributed by atoms with Gasteiger partial charge in [-0.1, -0.05) is 19.4 Å². The fourth-order valence-electron chi connectivity index (χ4n) is 2.15. The third kappa shape index (κ3) is 1.77. The van der Waals surface area contributed by atoms with Crippen molar-refractivity contribution in [2.45, 2.75) is 46.5 Å². The number of carbonyl (C=O) groups excluding carboxylic acids is 1. The van der Waals surface area contributed by atoms with Crippen molar-refractivity contribution in [2.75, 3.05) is 0 Å². The minimum Gasteiger partial charge on any atom is -0.295 e. The molecule has 0 aromatic heterocycles. The smallest absolute Gasteiger partial charge is 0.156 e. The Hall–Kier alpha value is -0.590. The van der Waals surface area contributed by atoms with E-state index in [4.69, 9.17) is 0 Å². The lowest BCUT2D eigenvalue weighted by atomic mass is 9.70. The third-order valence-electron chi connectivity index (χ3n) is 3.11. The standard InChI is InChI=1S/C11H18O/c1-4-11(5-2)7-9(3)6-10(12)8-11/h6H,4-5,7-8H2,1-3H3. The molecule has 12 heavy (non-hydrogen) atoms. The molecule has 1 aliphatic rings. The number of rotatable bonds is 2. The van der Waals surface area contributed by atoms with Crippen LogP contribution in [0.15, 0.2) is 11.6 Å². The van der Waals surface area contributed by atoms with Crippen LogP contribution < -0.4 is 0 Å². The molecule has 0 bridgehead atoms. The third-order valence-corrected chi connectivity index (χ3v) is 3.11. The second-order valence-electron chi connectivity index (χ2n) is 4.02. The van der Waals surface area contributed by atoms with Gasteiger partial charge in [0.15, 0.2) is 5.78 Å². The van der Waals surface area contributed by atoms with Gasteiger partial charge in [0.05, 0.1) is 0 Å². The first-order chi connectivity index (χ1) is 5.62. The predicted octanol–water partition coefficient (Wildman–Crippen LogP) is 3.10. The molecule has 0 unspecified atom stereocenters. The monoisotopic (exact) mass is 166 g/mol. The molecule has 1 heteroatoms. The summed E-state index contributed by atoms with van der Waals surface area (Å²) >= 11 is 0. The van der Waals surface area contributed by atoms with E-state index in [1.165, 1.54) is 5.57 Å². The molecular weight excluding hydrogens is 148 g/mol. The van der Waals surface area contributed by atoms with Gasteiger partial charge < -0.3 is 0 Å². The van der Waals surface area contributed by atoms with Crippen LogP contribution in [0, 0.1) is 5.41 Å². The van der Waals surface area contributed by atoms with E-state index in [0.717, 1.165) is 25.7 Å². The van der Waals surface area contributed by atoms with Gasteiger partial charge in [0.2, 0.25) is 0 Å². The summed E-state index contributed by atoms with van der Waals surface area (Å²) in [5, 5.41) is 0. The lowest BCUT2D eigenvalue weighted by Crippen LogP contribution is -2.26. The van der Waals surface area contributed by atoms with Crippen LogP contribution in [0.5, 0.6) is 0 Å². The first kappa shape index (κ1) is 9.50. The molecule has 0 aromatic rings. The molecule has 0 spiro atoms. The van der Waals surface area contributed by atoms with Gasteiger partial charge in [0.1, 0.15) is 0 Å². The second-order valence-corrected chi connectivity index (χ2v) is 4.02. The molecule has 0 heterocycles. The zero-order valence-electron chi connectivity index (χ0n) is 8.31. The fourth-order valence-corrected chi connectivity index (χ4v) is 2.15. The largest absolute Gasteiger partial charge is 0.295 e. The highest BCUT2D eigenvalue weighted by molar-refractivity contribution is 5.91. The fraction of sp³-hybridized carbons (Fsp3) is 0.727. The Kier molecular flexibility index (Phi) is 2.71. The lowest BCUT2D eigenvalue weighted by molar-refractivity contribution is -0.117. The summed E-state index contributed by atoms with van der Waals surface area (Å²) in [6.07, 6.45) is 5.94. The highest BCUT2D eigenvalue weighted by Crippen LogP contribution is 2.40. The molecule has 0 saturated heterocycles. The summed E-state index contributed by atoms with van der Waals surface area (Å²) in [4.78, 5) is 11.3. The number of hydrogen-bond donors (Lipinski definition) is 0. The van der Waals surface area contributed by atoms with Gasteiger partial charge in [-0.2, -0.15) is 0 Å². The van der Waals surface area contributed by atoms with Crippen molar-refractivity contribution < 1.29 is 4.79 Å². The quantitative estimate of drug-likeness (QED) is 0.616. The van der Waals surface area contributed by atoms with Crippen molar-refractivity contribution in [1.29, 1.82) is 0 Å². The van der Waals surface area contributed by atoms with E-state index in [0.29, 0.717) is 5.78 Å². The van der Waals surface area contributed by atoms with E-state index in [2.05, 4.69) is 20.8 Å². The van der Waals surface area contributed by atoms with Crippen molar-refractivity contribution >= 4 is 5.78 Å². The SMILES string of the molecule is CCC1(CC)CC(=O)C=C(C)C1. The summed E-state index contributed by atoms with van der Waals surface area (Å²) in [5.74, 6) is 0.322. The van der Waals surface area contributed by atoms with Crippen LogP contribution in [0.2, 0.25) is 0 Å². The Labute approximate surface area is 74.9 Å². The topological polar surface area (TPSA) is 17.1 Å². The number of ketones is 1. The number of carbonyl (C=O) groups is 1. The van der Waals surface area contributed by atoms with E-state index in [-0.39, 0.29) is 5.41 Å². The maximum atomic E-state index is 11.3. The molecule has 1 rings (SSSR count). The second kappa shape index (κ2) is 3.42. The van der Waals surface area contributed by atoms with Crippen LogP contribution in [0.25, 0.3) is 0 Å². The Morgan fingerprint density at radius 2 is 1.92 bits per heavy atom. The molecular formula is C11H18O. The van der Waals surface area contributed by atoms with E-state index < -0.39 is 0 Å². The Morgan fingerprint density at radius 3 is 2.33 bits per heavy atom. The van der Waals surface area contributed by atoms with Crippen LogP contribution in [-0.4, -0.2) is 5.78 Å². The molecule has 0 atom stereocenters. The molecule has 1 aliphatic carbocycles. The van der Waals surface area contributed by atoms with Gasteiger partial charge in [-0.15, -0.1) is 0 Å². The molecule has 0 amide bonds. The van der Waals surface area contributed by atoms with Gasteiger partial charge in [0, 0.05) is 6.42 Å². The van der Waals surface area contributed by atoms with E-state index in [1.54, 1.807) is 0 Å². The minimum absolute atomic E-state index is 0.288. The highest BCUT2D eigenvalue weighted by Gasteiger charge is 2.31. The molecule has 1 nitrogen and oxygen atoms in total. The summed E-state index contributed by atoms with van der Waals surface area (Å²) in [6, 6.07) is 0. The van der Waals surface area contributed by atoms with Crippen LogP contribution >= 0.6 is 0 Å². The normalized spacial score (nSPS) is 22.2. The number of hydrogen-bond acceptors (Lipinski definition) is 1. The Morgan fingerprint density at radius 1 is 1.33 bits per heavy atom. The van der Waals surface area contributed by atoms with E-state index in [9.17, 15) is 4.79 Å². The van der Waals surface area contributed by atoms with Gasteiger partial charge in [-0.05, 0) is 37.7 Å². The van der Waals surface area contributed by atoms with Crippen molar-refractivity contribution in [3.63, 3.8) is 0 Å². The zero-order chi connectivity index (χ0) is 9.19. The summed E-state index contributed by atoms with van der Waals surface area (Å²) in [7, 11) is 0. The van der Waals surface area contributed by atoms with Gasteiger partial charge in [-0.25, -0.2) is 0 Å². The first-order valence-corrected chi connectivity index (χ1v) is 4.82. The molecule has 0 aromatic carbocycles. The average molecular weight is 166 g/mol. The van der Waals surface area contributed by atoms with Crippen LogP contribution in [0.1, 0.15) is 46.5 Å². The maximum Gasteiger partial charge on any atom is 0.156 e. The van der Waals surface area contributed by atoms with Crippen molar-refractivity contribution in [1.82, 2.24) is 0 Å². The Balaban J connectivity index is 2.83. The van der Waals surface area contributed by atoms with Crippen LogP contribution in [-0.2, 0) is 4.79 Å². The van der Waals surface area contributed by atoms with E-state index >= 15 is 0 Å². The number of allylic oxidation sites excluding steroid dienone is 2. The van der Waals surface area contributed by atoms with E-state index in [1.807, 2.05) is 6.08 Å². The van der Waals surface area contributed by atoms with Gasteiger partial charge >= 0.3 is 0 Å². The van der Waals surface area contributed by atoms with Crippen molar-refractivity contribution in [3.8, 4) is 0 Å². The Bertz CT molecular complexity index is 209. The molecule has 0 fully saturated rings. The van der Waals surface area contributed by atoms with Gasteiger partial charge in [-0.3, -0.25) is 4.79 Å². The van der Waals surface area contributed by atoms with Crippen LogP contribution in [0.4, 0.5) is 0 Å². The lowest BCUT2D eigenvalue weighted by Gasteiger charge is -2.34. The maximum absolute atomic E-state index is 11.3. The van der Waals surface area contributed by atoms with Crippen molar-refractivity contribution in [3.05, 3.63) is 11.6 Å². The molecule has 68 valence electrons. The summed E-state index contributed by atoms with van der Waals surface area (Å²) in [5.41, 5.74) is 1.55. The predicted molar refractivity (Wildman–Crippen MR) is 51.0 cm³/mol. The van der Waals surface area contributed by atoms with Crippen molar-refractivity contribution in [2.24, 2.45) is 5.41 Å². The molecule has 0 aliphatic heterocycles.